The summed E-state index contributed by atoms with van der Waals surface area (Å²) in [5.74, 6) is -1.02. The third kappa shape index (κ3) is 2.60. The molecule has 1 aromatic heterocycles. The van der Waals surface area contributed by atoms with Crippen molar-refractivity contribution in [2.24, 2.45) is 5.73 Å². The number of primary amides is 1. The lowest BCUT2D eigenvalue weighted by Gasteiger charge is -2.08. The molecular weight excluding hydrogens is 276 g/mol. The number of nitrogens with zero attached hydrogens (tertiary/aromatic N) is 1. The molecule has 0 fully saturated rings. The lowest BCUT2D eigenvalue weighted by atomic mass is 10.2. The van der Waals surface area contributed by atoms with Gasteiger partial charge in [-0.3, -0.25) is 14.7 Å². The summed E-state index contributed by atoms with van der Waals surface area (Å²) in [5.41, 5.74) is 6.10. The summed E-state index contributed by atoms with van der Waals surface area (Å²) in [6.45, 7) is 3.45. The van der Waals surface area contributed by atoms with Crippen molar-refractivity contribution in [2.75, 3.05) is 0 Å². The van der Waals surface area contributed by atoms with Crippen LogP contribution >= 0.6 is 15.9 Å². The van der Waals surface area contributed by atoms with Crippen molar-refractivity contribution >= 4 is 27.7 Å². The van der Waals surface area contributed by atoms with Gasteiger partial charge in [0.1, 0.15) is 6.04 Å². The van der Waals surface area contributed by atoms with E-state index in [0.29, 0.717) is 4.47 Å². The first-order valence-corrected chi connectivity index (χ1v) is 5.59. The van der Waals surface area contributed by atoms with E-state index in [9.17, 15) is 9.59 Å². The molecule has 0 saturated heterocycles. The molecule has 0 aliphatic carbocycles. The van der Waals surface area contributed by atoms with Crippen molar-refractivity contribution in [2.45, 2.75) is 26.3 Å². The fourth-order valence-corrected chi connectivity index (χ4v) is 1.72. The maximum absolute atomic E-state index is 11.7. The molecular formula is C9H13BrN4O2. The van der Waals surface area contributed by atoms with Crippen LogP contribution in [0.1, 0.15) is 30.0 Å². The summed E-state index contributed by atoms with van der Waals surface area (Å²) >= 11 is 3.27. The van der Waals surface area contributed by atoms with Gasteiger partial charge in [0.05, 0.1) is 4.47 Å². The van der Waals surface area contributed by atoms with Gasteiger partial charge in [-0.05, 0) is 29.3 Å². The molecule has 0 unspecified atom stereocenters. The average molecular weight is 289 g/mol. The van der Waals surface area contributed by atoms with E-state index in [1.807, 2.05) is 6.92 Å². The Hall–Kier alpha value is -1.37. The van der Waals surface area contributed by atoms with Gasteiger partial charge in [-0.1, -0.05) is 6.92 Å². The number of rotatable bonds is 4. The van der Waals surface area contributed by atoms with Gasteiger partial charge in [-0.15, -0.1) is 0 Å². The lowest BCUT2D eigenvalue weighted by molar-refractivity contribution is -0.119. The maximum atomic E-state index is 11.7. The topological polar surface area (TPSA) is 101 Å². The zero-order valence-corrected chi connectivity index (χ0v) is 10.6. The first kappa shape index (κ1) is 12.7. The van der Waals surface area contributed by atoms with Crippen molar-refractivity contribution in [3.05, 3.63) is 15.9 Å². The summed E-state index contributed by atoms with van der Waals surface area (Å²) in [6, 6.07) is -0.721. The fourth-order valence-electron chi connectivity index (χ4n) is 1.09. The summed E-state index contributed by atoms with van der Waals surface area (Å²) in [5, 5.41) is 9.04. The minimum Gasteiger partial charge on any atom is -0.368 e. The van der Waals surface area contributed by atoms with Gasteiger partial charge in [0.15, 0.2) is 5.69 Å². The van der Waals surface area contributed by atoms with Crippen LogP contribution in [-0.4, -0.2) is 28.1 Å². The molecule has 0 aliphatic rings. The number of aromatic amines is 1. The van der Waals surface area contributed by atoms with Crippen LogP contribution in [0.15, 0.2) is 4.47 Å². The molecule has 88 valence electrons. The summed E-state index contributed by atoms with van der Waals surface area (Å²) in [7, 11) is 0. The lowest BCUT2D eigenvalue weighted by Crippen LogP contribution is -2.42. The number of amides is 2. The summed E-state index contributed by atoms with van der Waals surface area (Å²) < 4.78 is 0.615. The van der Waals surface area contributed by atoms with E-state index < -0.39 is 17.9 Å². The number of hydrogen-bond donors (Lipinski definition) is 3. The Morgan fingerprint density at radius 3 is 2.69 bits per heavy atom. The number of nitrogens with two attached hydrogens (primary N) is 1. The van der Waals surface area contributed by atoms with Crippen LogP contribution in [0.2, 0.25) is 0 Å². The second-order valence-corrected chi connectivity index (χ2v) is 4.11. The van der Waals surface area contributed by atoms with Crippen LogP contribution in [0, 0.1) is 0 Å². The highest BCUT2D eigenvalue weighted by Gasteiger charge is 2.20. The Morgan fingerprint density at radius 2 is 2.25 bits per heavy atom. The van der Waals surface area contributed by atoms with E-state index in [1.54, 1.807) is 0 Å². The monoisotopic (exact) mass is 288 g/mol. The predicted octanol–water partition coefficient (Wildman–Crippen LogP) is 0.338. The fraction of sp³-hybridized carbons (Fsp3) is 0.444. The Morgan fingerprint density at radius 1 is 1.62 bits per heavy atom. The molecule has 7 heteroatoms. The number of carbonyl (C=O) groups is 2. The van der Waals surface area contributed by atoms with Gasteiger partial charge in [-0.25, -0.2) is 0 Å². The second-order valence-electron chi connectivity index (χ2n) is 3.32. The SMILES string of the molecule is CCc1[nH]nc(C(=O)N[C@@H](C)C(N)=O)c1Br. The van der Waals surface area contributed by atoms with Crippen LogP contribution in [0.25, 0.3) is 0 Å². The van der Waals surface area contributed by atoms with Crippen LogP contribution in [0.5, 0.6) is 0 Å². The minimum absolute atomic E-state index is 0.227. The molecule has 1 atom stereocenters. The molecule has 0 aromatic carbocycles. The Kier molecular flexibility index (Phi) is 4.05. The first-order valence-electron chi connectivity index (χ1n) is 4.80. The quantitative estimate of drug-likeness (QED) is 0.745. The van der Waals surface area contributed by atoms with Gasteiger partial charge in [-0.2, -0.15) is 5.10 Å². The van der Waals surface area contributed by atoms with E-state index >= 15 is 0 Å². The van der Waals surface area contributed by atoms with Gasteiger partial charge < -0.3 is 11.1 Å². The number of nitrogens with one attached hydrogen (secondary N) is 2. The van der Waals surface area contributed by atoms with Gasteiger partial charge in [0, 0.05) is 5.69 Å². The largest absolute Gasteiger partial charge is 0.368 e. The molecule has 2 amide bonds. The van der Waals surface area contributed by atoms with E-state index in [4.69, 9.17) is 5.73 Å². The van der Waals surface area contributed by atoms with Gasteiger partial charge in [0.25, 0.3) is 5.91 Å². The Balaban J connectivity index is 2.81. The molecule has 1 rings (SSSR count). The van der Waals surface area contributed by atoms with E-state index in [1.165, 1.54) is 6.92 Å². The molecule has 6 nitrogen and oxygen atoms in total. The summed E-state index contributed by atoms with van der Waals surface area (Å²) in [6.07, 6.45) is 0.728. The third-order valence-electron chi connectivity index (χ3n) is 2.12. The molecule has 0 bridgehead atoms. The van der Waals surface area contributed by atoms with Crippen molar-refractivity contribution in [1.82, 2.24) is 15.5 Å². The van der Waals surface area contributed by atoms with Gasteiger partial charge in [0.2, 0.25) is 5.91 Å². The smallest absolute Gasteiger partial charge is 0.273 e. The second kappa shape index (κ2) is 5.11. The minimum atomic E-state index is -0.721. The molecule has 4 N–H and O–H groups in total. The zero-order valence-electron chi connectivity index (χ0n) is 9.00. The normalized spacial score (nSPS) is 12.2. The van der Waals surface area contributed by atoms with Crippen molar-refractivity contribution < 1.29 is 9.59 Å². The van der Waals surface area contributed by atoms with Crippen molar-refractivity contribution in [3.63, 3.8) is 0 Å². The Bertz CT molecular complexity index is 416. The molecule has 0 saturated carbocycles. The summed E-state index contributed by atoms with van der Waals surface area (Å²) in [4.78, 5) is 22.5. The highest BCUT2D eigenvalue weighted by Crippen LogP contribution is 2.19. The van der Waals surface area contributed by atoms with Gasteiger partial charge >= 0.3 is 0 Å². The third-order valence-corrected chi connectivity index (χ3v) is 2.97. The number of hydrogen-bond acceptors (Lipinski definition) is 3. The average Bonchev–Trinajstić information content (AvgIpc) is 2.59. The number of carbonyl (C=O) groups excluding carboxylic acids is 2. The molecule has 1 heterocycles. The van der Waals surface area contributed by atoms with Crippen LogP contribution in [0.3, 0.4) is 0 Å². The van der Waals surface area contributed by atoms with E-state index in [2.05, 4.69) is 31.4 Å². The predicted molar refractivity (Wildman–Crippen MR) is 61.8 cm³/mol. The number of aromatic nitrogens is 2. The molecule has 1 aromatic rings. The van der Waals surface area contributed by atoms with Crippen molar-refractivity contribution in [1.29, 1.82) is 0 Å². The van der Waals surface area contributed by atoms with Crippen LogP contribution in [-0.2, 0) is 11.2 Å². The molecule has 0 aliphatic heterocycles. The highest BCUT2D eigenvalue weighted by atomic mass is 79.9. The zero-order chi connectivity index (χ0) is 12.3. The van der Waals surface area contributed by atoms with Crippen LogP contribution in [0.4, 0.5) is 0 Å². The number of aryl methyl sites for hydroxylation is 1. The maximum Gasteiger partial charge on any atom is 0.273 e. The molecule has 0 spiro atoms. The number of halogens is 1. The van der Waals surface area contributed by atoms with Crippen molar-refractivity contribution in [3.8, 4) is 0 Å². The van der Waals surface area contributed by atoms with E-state index in [0.717, 1.165) is 12.1 Å². The highest BCUT2D eigenvalue weighted by molar-refractivity contribution is 9.10. The Labute approximate surface area is 101 Å². The van der Waals surface area contributed by atoms with Crippen LogP contribution < -0.4 is 11.1 Å². The molecule has 0 radical (unpaired) electrons. The molecule has 16 heavy (non-hydrogen) atoms. The van der Waals surface area contributed by atoms with E-state index in [-0.39, 0.29) is 5.69 Å². The number of H-pyrrole nitrogens is 1. The first-order chi connectivity index (χ1) is 7.47. The standard InChI is InChI=1S/C9H13BrN4O2/c1-3-5-6(10)7(14-13-5)9(16)12-4(2)8(11)15/h4H,3H2,1-2H3,(H2,11,15)(H,12,16)(H,13,14)/t4-/m0/s1.